The van der Waals surface area contributed by atoms with Crippen LogP contribution in [0.3, 0.4) is 0 Å². The van der Waals surface area contributed by atoms with Crippen LogP contribution in [-0.2, 0) is 0 Å². The monoisotopic (exact) mass is 419 g/mol. The zero-order chi connectivity index (χ0) is 20.3. The number of hydrogen-bond acceptors (Lipinski definition) is 4. The van der Waals surface area contributed by atoms with E-state index in [0.29, 0.717) is 0 Å². The second kappa shape index (κ2) is 8.48. The Morgan fingerprint density at radius 1 is 0.967 bits per heavy atom. The Kier molecular flexibility index (Phi) is 5.41. The standard InChI is InChI=1S/C24H22FN3OS/c25-17-8-6-16(7-9-17)24-27-20-14-22(29-18-4-2-1-3-5-18)23(15-21(20)28-24)30-19-10-12-26-13-11-19/h6-15,18H,1-5H2,(H,27,28). The summed E-state index contributed by atoms with van der Waals surface area (Å²) in [5.41, 5.74) is 2.63. The molecule has 0 atom stereocenters. The first-order valence-electron chi connectivity index (χ1n) is 10.3. The highest BCUT2D eigenvalue weighted by molar-refractivity contribution is 7.99. The van der Waals surface area contributed by atoms with Crippen molar-refractivity contribution in [1.29, 1.82) is 0 Å². The number of aromatic amines is 1. The lowest BCUT2D eigenvalue weighted by Crippen LogP contribution is -2.19. The van der Waals surface area contributed by atoms with Crippen LogP contribution >= 0.6 is 11.8 Å². The summed E-state index contributed by atoms with van der Waals surface area (Å²) in [6, 6.07) is 14.5. The van der Waals surface area contributed by atoms with E-state index in [0.717, 1.165) is 50.8 Å². The molecule has 0 unspecified atom stereocenters. The number of halogens is 1. The number of imidazole rings is 1. The van der Waals surface area contributed by atoms with Gasteiger partial charge in [-0.3, -0.25) is 4.98 Å². The van der Waals surface area contributed by atoms with Gasteiger partial charge in [0.2, 0.25) is 0 Å². The maximum absolute atomic E-state index is 13.3. The fourth-order valence-corrected chi connectivity index (χ4v) is 4.72. The SMILES string of the molecule is Fc1ccc(-c2nc3cc(Sc4ccncc4)c(OC4CCCCC4)cc3[nH]2)cc1. The van der Waals surface area contributed by atoms with E-state index in [9.17, 15) is 4.39 Å². The van der Waals surface area contributed by atoms with E-state index in [2.05, 4.69) is 16.0 Å². The molecule has 30 heavy (non-hydrogen) atoms. The molecule has 1 saturated carbocycles. The maximum atomic E-state index is 13.3. The van der Waals surface area contributed by atoms with Gasteiger partial charge in [0.1, 0.15) is 17.4 Å². The Bertz CT molecular complexity index is 1140. The van der Waals surface area contributed by atoms with Gasteiger partial charge in [-0.15, -0.1) is 0 Å². The third-order valence-corrected chi connectivity index (χ3v) is 6.44. The molecule has 0 radical (unpaired) electrons. The molecule has 1 aliphatic carbocycles. The quantitative estimate of drug-likeness (QED) is 0.395. The first-order valence-corrected chi connectivity index (χ1v) is 11.1. The second-order valence-electron chi connectivity index (χ2n) is 7.57. The van der Waals surface area contributed by atoms with Gasteiger partial charge in [-0.25, -0.2) is 9.37 Å². The summed E-state index contributed by atoms with van der Waals surface area (Å²) >= 11 is 1.66. The smallest absolute Gasteiger partial charge is 0.138 e. The summed E-state index contributed by atoms with van der Waals surface area (Å²) in [4.78, 5) is 14.4. The zero-order valence-electron chi connectivity index (χ0n) is 16.5. The molecule has 0 aliphatic heterocycles. The largest absolute Gasteiger partial charge is 0.489 e. The maximum Gasteiger partial charge on any atom is 0.138 e. The van der Waals surface area contributed by atoms with E-state index < -0.39 is 0 Å². The number of ether oxygens (including phenoxy) is 1. The van der Waals surface area contributed by atoms with Gasteiger partial charge in [0, 0.05) is 28.9 Å². The van der Waals surface area contributed by atoms with Crippen LogP contribution in [0.25, 0.3) is 22.4 Å². The molecule has 4 aromatic rings. The summed E-state index contributed by atoms with van der Waals surface area (Å²) in [7, 11) is 0. The van der Waals surface area contributed by atoms with Crippen LogP contribution in [0.15, 0.2) is 70.7 Å². The molecule has 2 aromatic heterocycles. The number of fused-ring (bicyclic) bond motifs is 1. The van der Waals surface area contributed by atoms with E-state index in [4.69, 9.17) is 9.72 Å². The molecule has 2 aromatic carbocycles. The Hall–Kier alpha value is -2.86. The van der Waals surface area contributed by atoms with Gasteiger partial charge in [0.15, 0.2) is 0 Å². The molecule has 0 spiro atoms. The van der Waals surface area contributed by atoms with Crippen molar-refractivity contribution in [3.05, 3.63) is 66.7 Å². The third-order valence-electron chi connectivity index (χ3n) is 5.39. The molecule has 152 valence electrons. The lowest BCUT2D eigenvalue weighted by atomic mass is 9.98. The zero-order valence-corrected chi connectivity index (χ0v) is 17.3. The van der Waals surface area contributed by atoms with E-state index in [-0.39, 0.29) is 11.9 Å². The molecule has 6 heteroatoms. The highest BCUT2D eigenvalue weighted by Gasteiger charge is 2.19. The van der Waals surface area contributed by atoms with Crippen LogP contribution in [0, 0.1) is 5.82 Å². The molecule has 5 rings (SSSR count). The molecule has 2 heterocycles. The number of H-pyrrole nitrogens is 1. The second-order valence-corrected chi connectivity index (χ2v) is 8.69. The van der Waals surface area contributed by atoms with Gasteiger partial charge in [-0.2, -0.15) is 0 Å². The lowest BCUT2D eigenvalue weighted by molar-refractivity contribution is 0.151. The van der Waals surface area contributed by atoms with Gasteiger partial charge in [-0.05, 0) is 68.1 Å². The van der Waals surface area contributed by atoms with Crippen LogP contribution in [0.2, 0.25) is 0 Å². The van der Waals surface area contributed by atoms with Crippen LogP contribution in [-0.4, -0.2) is 21.1 Å². The van der Waals surface area contributed by atoms with Crippen molar-refractivity contribution in [2.45, 2.75) is 48.0 Å². The van der Waals surface area contributed by atoms with Gasteiger partial charge >= 0.3 is 0 Å². The van der Waals surface area contributed by atoms with Crippen LogP contribution in [0.1, 0.15) is 32.1 Å². The highest BCUT2D eigenvalue weighted by atomic mass is 32.2. The number of benzene rings is 2. The van der Waals surface area contributed by atoms with Crippen LogP contribution in [0.4, 0.5) is 4.39 Å². The predicted molar refractivity (Wildman–Crippen MR) is 117 cm³/mol. The van der Waals surface area contributed by atoms with Crippen molar-refractivity contribution < 1.29 is 9.13 Å². The topological polar surface area (TPSA) is 50.8 Å². The van der Waals surface area contributed by atoms with E-state index in [1.165, 1.54) is 31.4 Å². The fourth-order valence-electron chi connectivity index (χ4n) is 3.83. The van der Waals surface area contributed by atoms with Crippen molar-refractivity contribution in [3.8, 4) is 17.1 Å². The number of nitrogens with one attached hydrogen (secondary N) is 1. The molecular formula is C24H22FN3OS. The Morgan fingerprint density at radius 3 is 2.50 bits per heavy atom. The highest BCUT2D eigenvalue weighted by Crippen LogP contribution is 2.39. The molecule has 0 saturated heterocycles. The van der Waals surface area contributed by atoms with E-state index in [1.54, 1.807) is 36.3 Å². The number of hydrogen-bond donors (Lipinski definition) is 1. The van der Waals surface area contributed by atoms with E-state index in [1.807, 2.05) is 18.2 Å². The van der Waals surface area contributed by atoms with Gasteiger partial charge in [0.25, 0.3) is 0 Å². The minimum Gasteiger partial charge on any atom is -0.489 e. The van der Waals surface area contributed by atoms with Crippen molar-refractivity contribution in [3.63, 3.8) is 0 Å². The molecule has 0 bridgehead atoms. The molecule has 0 amide bonds. The molecule has 1 N–H and O–H groups in total. The summed E-state index contributed by atoms with van der Waals surface area (Å²) in [6.45, 7) is 0. The predicted octanol–water partition coefficient (Wildman–Crippen LogP) is 6.63. The summed E-state index contributed by atoms with van der Waals surface area (Å²) in [5, 5.41) is 0. The minimum absolute atomic E-state index is 0.255. The van der Waals surface area contributed by atoms with Gasteiger partial charge in [0.05, 0.1) is 22.0 Å². The van der Waals surface area contributed by atoms with Gasteiger partial charge in [-0.1, -0.05) is 18.2 Å². The first-order chi connectivity index (χ1) is 14.7. The molecule has 1 aliphatic rings. The normalized spacial score (nSPS) is 14.8. The summed E-state index contributed by atoms with van der Waals surface area (Å²) in [6.07, 6.45) is 9.78. The Labute approximate surface area is 178 Å². The lowest BCUT2D eigenvalue weighted by Gasteiger charge is -2.24. The van der Waals surface area contributed by atoms with Gasteiger partial charge < -0.3 is 9.72 Å². The summed E-state index contributed by atoms with van der Waals surface area (Å²) < 4.78 is 19.8. The molecular weight excluding hydrogens is 397 g/mol. The molecule has 1 fully saturated rings. The summed E-state index contributed by atoms with van der Waals surface area (Å²) in [5.74, 6) is 1.35. The molecule has 4 nitrogen and oxygen atoms in total. The van der Waals surface area contributed by atoms with Crippen LogP contribution in [0.5, 0.6) is 5.75 Å². The average molecular weight is 420 g/mol. The number of nitrogens with zero attached hydrogens (tertiary/aromatic N) is 2. The third kappa shape index (κ3) is 4.19. The Balaban J connectivity index is 1.53. The number of aromatic nitrogens is 3. The minimum atomic E-state index is -0.255. The average Bonchev–Trinajstić information content (AvgIpc) is 3.19. The van der Waals surface area contributed by atoms with Crippen LogP contribution < -0.4 is 4.74 Å². The van der Waals surface area contributed by atoms with Crippen molar-refractivity contribution in [2.24, 2.45) is 0 Å². The van der Waals surface area contributed by atoms with E-state index >= 15 is 0 Å². The fraction of sp³-hybridized carbons (Fsp3) is 0.250. The number of pyridine rings is 1. The van der Waals surface area contributed by atoms with Crippen molar-refractivity contribution in [2.75, 3.05) is 0 Å². The van der Waals surface area contributed by atoms with Crippen molar-refractivity contribution >= 4 is 22.8 Å². The Morgan fingerprint density at radius 2 is 1.73 bits per heavy atom. The first kappa shape index (κ1) is 19.1. The van der Waals surface area contributed by atoms with Crippen molar-refractivity contribution in [1.82, 2.24) is 15.0 Å². The number of rotatable bonds is 5.